The predicted molar refractivity (Wildman–Crippen MR) is 108 cm³/mol. The smallest absolute Gasteiger partial charge is 0.119 e. The molecule has 0 spiro atoms. The molecular weight excluding hydrogens is 320 g/mol. The molecule has 138 valence electrons. The van der Waals surface area contributed by atoms with Gasteiger partial charge in [-0.2, -0.15) is 5.26 Å². The molecule has 3 nitrogen and oxygen atoms in total. The standard InChI is InChI=1S/C23H30N2O/c1-3-18(2)7-5-4-6-14-26-23-12-8-19(9-13-23)15-21-16-22(25)11-10-20(21)17-24/h8-13,15,18H,3-7,14,16,25H2,1-2H3/t18-/m0/s1. The minimum absolute atomic E-state index is 0.619. The fraction of sp³-hybridized carbons (Fsp3) is 0.435. The number of nitrogens with two attached hydrogens (primary N) is 1. The van der Waals surface area contributed by atoms with Crippen LogP contribution in [0.1, 0.15) is 57.9 Å². The van der Waals surface area contributed by atoms with E-state index in [0.717, 1.165) is 41.5 Å². The van der Waals surface area contributed by atoms with Gasteiger partial charge in [0.2, 0.25) is 0 Å². The minimum atomic E-state index is 0.619. The molecule has 0 fully saturated rings. The lowest BCUT2D eigenvalue weighted by Gasteiger charge is -2.11. The van der Waals surface area contributed by atoms with Crippen molar-refractivity contribution in [3.63, 3.8) is 0 Å². The summed E-state index contributed by atoms with van der Waals surface area (Å²) in [6.45, 7) is 5.34. The Hall–Kier alpha value is -2.47. The average Bonchev–Trinajstić information content (AvgIpc) is 2.65. The Morgan fingerprint density at radius 1 is 1.19 bits per heavy atom. The van der Waals surface area contributed by atoms with E-state index in [1.165, 1.54) is 25.7 Å². The van der Waals surface area contributed by atoms with Gasteiger partial charge in [-0.05, 0) is 47.8 Å². The number of nitrogens with zero attached hydrogens (tertiary/aromatic N) is 1. The molecule has 2 rings (SSSR count). The van der Waals surface area contributed by atoms with E-state index in [9.17, 15) is 5.26 Å². The molecule has 1 aromatic carbocycles. The van der Waals surface area contributed by atoms with Gasteiger partial charge in [-0.3, -0.25) is 0 Å². The highest BCUT2D eigenvalue weighted by Gasteiger charge is 2.10. The topological polar surface area (TPSA) is 59.0 Å². The van der Waals surface area contributed by atoms with Gasteiger partial charge in [0.15, 0.2) is 0 Å². The zero-order valence-corrected chi connectivity index (χ0v) is 16.0. The first-order valence-corrected chi connectivity index (χ1v) is 9.62. The number of nitriles is 1. The van der Waals surface area contributed by atoms with Crippen LogP contribution in [0.5, 0.6) is 5.75 Å². The molecule has 3 heteroatoms. The molecule has 0 amide bonds. The van der Waals surface area contributed by atoms with Crippen molar-refractivity contribution in [2.75, 3.05) is 6.61 Å². The Kier molecular flexibility index (Phi) is 8.02. The van der Waals surface area contributed by atoms with Crippen LogP contribution in [0, 0.1) is 17.2 Å². The highest BCUT2D eigenvalue weighted by molar-refractivity contribution is 5.64. The van der Waals surface area contributed by atoms with Crippen molar-refractivity contribution in [3.05, 3.63) is 58.8 Å². The molecule has 0 unspecified atom stereocenters. The molecule has 0 radical (unpaired) electrons. The second kappa shape index (κ2) is 10.5. The summed E-state index contributed by atoms with van der Waals surface area (Å²) < 4.78 is 5.83. The van der Waals surface area contributed by atoms with E-state index in [0.29, 0.717) is 12.0 Å². The van der Waals surface area contributed by atoms with Gasteiger partial charge in [0.05, 0.1) is 18.2 Å². The van der Waals surface area contributed by atoms with Crippen molar-refractivity contribution in [2.45, 2.75) is 52.4 Å². The third kappa shape index (κ3) is 6.44. The molecule has 0 bridgehead atoms. The van der Waals surface area contributed by atoms with Crippen LogP contribution in [-0.2, 0) is 0 Å². The number of hydrogen-bond acceptors (Lipinski definition) is 3. The number of allylic oxidation sites excluding steroid dienone is 4. The second-order valence-electron chi connectivity index (χ2n) is 7.06. The monoisotopic (exact) mass is 350 g/mol. The van der Waals surface area contributed by atoms with Crippen LogP contribution in [0.3, 0.4) is 0 Å². The van der Waals surface area contributed by atoms with Crippen molar-refractivity contribution < 1.29 is 4.74 Å². The summed E-state index contributed by atoms with van der Waals surface area (Å²) in [6.07, 6.45) is 12.4. The largest absolute Gasteiger partial charge is 0.494 e. The quantitative estimate of drug-likeness (QED) is 0.577. The average molecular weight is 351 g/mol. The Labute approximate surface area is 157 Å². The van der Waals surface area contributed by atoms with Crippen LogP contribution in [0.25, 0.3) is 6.08 Å². The van der Waals surface area contributed by atoms with Gasteiger partial charge in [-0.15, -0.1) is 0 Å². The molecule has 26 heavy (non-hydrogen) atoms. The summed E-state index contributed by atoms with van der Waals surface area (Å²) in [4.78, 5) is 0. The first kappa shape index (κ1) is 19.8. The third-order valence-corrected chi connectivity index (χ3v) is 4.85. The second-order valence-corrected chi connectivity index (χ2v) is 7.06. The molecule has 1 aliphatic rings. The normalized spacial score (nSPS) is 16.6. The lowest BCUT2D eigenvalue weighted by atomic mass is 9.95. The maximum Gasteiger partial charge on any atom is 0.119 e. The van der Waals surface area contributed by atoms with E-state index in [1.54, 1.807) is 12.2 Å². The summed E-state index contributed by atoms with van der Waals surface area (Å²) in [7, 11) is 0. The Morgan fingerprint density at radius 3 is 2.65 bits per heavy atom. The van der Waals surface area contributed by atoms with Crippen molar-refractivity contribution >= 4 is 6.08 Å². The van der Waals surface area contributed by atoms with Crippen LogP contribution in [-0.4, -0.2) is 6.61 Å². The molecule has 0 heterocycles. The van der Waals surface area contributed by atoms with E-state index in [-0.39, 0.29) is 0 Å². The van der Waals surface area contributed by atoms with Gasteiger partial charge in [-0.1, -0.05) is 57.7 Å². The maximum atomic E-state index is 9.22. The maximum absolute atomic E-state index is 9.22. The van der Waals surface area contributed by atoms with Crippen molar-refractivity contribution in [1.29, 1.82) is 5.26 Å². The lowest BCUT2D eigenvalue weighted by molar-refractivity contribution is 0.302. The number of rotatable bonds is 9. The van der Waals surface area contributed by atoms with E-state index in [1.807, 2.05) is 30.3 Å². The summed E-state index contributed by atoms with van der Waals surface area (Å²) >= 11 is 0. The molecule has 1 aliphatic carbocycles. The van der Waals surface area contributed by atoms with E-state index < -0.39 is 0 Å². The SMILES string of the molecule is CC[C@H](C)CCCCCOc1ccc(C=C2CC(N)=CC=C2C#N)cc1. The molecule has 1 aromatic rings. The summed E-state index contributed by atoms with van der Waals surface area (Å²) in [5, 5.41) is 9.22. The summed E-state index contributed by atoms with van der Waals surface area (Å²) in [6, 6.07) is 10.3. The van der Waals surface area contributed by atoms with Gasteiger partial charge in [0, 0.05) is 12.1 Å². The lowest BCUT2D eigenvalue weighted by Crippen LogP contribution is -2.04. The van der Waals surface area contributed by atoms with Gasteiger partial charge in [0.1, 0.15) is 5.75 Å². The summed E-state index contributed by atoms with van der Waals surface area (Å²) in [5.41, 5.74) is 9.35. The van der Waals surface area contributed by atoms with Gasteiger partial charge in [0.25, 0.3) is 0 Å². The first-order chi connectivity index (χ1) is 12.6. The number of ether oxygens (including phenoxy) is 1. The highest BCUT2D eigenvalue weighted by atomic mass is 16.5. The van der Waals surface area contributed by atoms with Crippen LogP contribution >= 0.6 is 0 Å². The van der Waals surface area contributed by atoms with Gasteiger partial charge in [-0.25, -0.2) is 0 Å². The fourth-order valence-electron chi connectivity index (χ4n) is 2.94. The van der Waals surface area contributed by atoms with Crippen molar-refractivity contribution in [1.82, 2.24) is 0 Å². The molecule has 2 N–H and O–H groups in total. The van der Waals surface area contributed by atoms with E-state index in [2.05, 4.69) is 19.9 Å². The third-order valence-electron chi connectivity index (χ3n) is 4.85. The zero-order chi connectivity index (χ0) is 18.8. The minimum Gasteiger partial charge on any atom is -0.494 e. The summed E-state index contributed by atoms with van der Waals surface area (Å²) in [5.74, 6) is 1.73. The van der Waals surface area contributed by atoms with Crippen molar-refractivity contribution in [2.24, 2.45) is 11.7 Å². The van der Waals surface area contributed by atoms with Crippen LogP contribution in [0.2, 0.25) is 0 Å². The van der Waals surface area contributed by atoms with E-state index >= 15 is 0 Å². The Balaban J connectivity index is 1.80. The van der Waals surface area contributed by atoms with Crippen LogP contribution < -0.4 is 10.5 Å². The molecule has 0 saturated heterocycles. The van der Waals surface area contributed by atoms with Gasteiger partial charge < -0.3 is 10.5 Å². The van der Waals surface area contributed by atoms with Crippen LogP contribution in [0.15, 0.2) is 53.3 Å². The first-order valence-electron chi connectivity index (χ1n) is 9.62. The van der Waals surface area contributed by atoms with Crippen molar-refractivity contribution in [3.8, 4) is 11.8 Å². The fourth-order valence-corrected chi connectivity index (χ4v) is 2.94. The molecule has 1 atom stereocenters. The number of unbranched alkanes of at least 4 members (excludes halogenated alkanes) is 2. The number of benzene rings is 1. The Morgan fingerprint density at radius 2 is 1.96 bits per heavy atom. The number of hydrogen-bond donors (Lipinski definition) is 1. The van der Waals surface area contributed by atoms with Gasteiger partial charge >= 0.3 is 0 Å². The predicted octanol–water partition coefficient (Wildman–Crippen LogP) is 5.75. The molecule has 0 aromatic heterocycles. The molecule has 0 saturated carbocycles. The van der Waals surface area contributed by atoms with Crippen LogP contribution in [0.4, 0.5) is 0 Å². The molecular formula is C23H30N2O. The Bertz CT molecular complexity index is 705. The van der Waals surface area contributed by atoms with E-state index in [4.69, 9.17) is 10.5 Å². The highest BCUT2D eigenvalue weighted by Crippen LogP contribution is 2.25. The molecule has 0 aliphatic heterocycles. The zero-order valence-electron chi connectivity index (χ0n) is 16.0.